The van der Waals surface area contributed by atoms with Crippen molar-refractivity contribution in [2.75, 3.05) is 0 Å². The van der Waals surface area contributed by atoms with E-state index in [9.17, 15) is 4.39 Å². The van der Waals surface area contributed by atoms with Crippen LogP contribution in [0.5, 0.6) is 0 Å². The third-order valence-corrected chi connectivity index (χ3v) is 2.04. The number of halogens is 1. The Morgan fingerprint density at radius 1 is 1.38 bits per heavy atom. The zero-order valence-electron chi connectivity index (χ0n) is 8.72. The molecule has 1 unspecified atom stereocenters. The van der Waals surface area contributed by atoms with Gasteiger partial charge in [0.05, 0.1) is 6.10 Å². The second kappa shape index (κ2) is 4.40. The van der Waals surface area contributed by atoms with E-state index in [-0.39, 0.29) is 5.82 Å². The number of aliphatic hydroxyl groups is 1. The molecule has 5 heteroatoms. The predicted molar refractivity (Wildman–Crippen MR) is 55.1 cm³/mol. The van der Waals surface area contributed by atoms with Gasteiger partial charge >= 0.3 is 0 Å². The smallest absolute Gasteiger partial charge is 0.257 e. The van der Waals surface area contributed by atoms with Crippen LogP contribution in [0.25, 0.3) is 11.5 Å². The van der Waals surface area contributed by atoms with E-state index in [2.05, 4.69) is 10.1 Å². The second-order valence-electron chi connectivity index (χ2n) is 3.58. The van der Waals surface area contributed by atoms with Crippen LogP contribution in [0.15, 0.2) is 28.8 Å². The van der Waals surface area contributed by atoms with Gasteiger partial charge in [-0.25, -0.2) is 4.39 Å². The molecule has 0 saturated heterocycles. The fourth-order valence-electron chi connectivity index (χ4n) is 1.31. The second-order valence-corrected chi connectivity index (χ2v) is 3.58. The highest BCUT2D eigenvalue weighted by molar-refractivity contribution is 5.52. The van der Waals surface area contributed by atoms with E-state index < -0.39 is 6.10 Å². The normalized spacial score (nSPS) is 12.7. The molecular formula is C11H11FN2O2. The summed E-state index contributed by atoms with van der Waals surface area (Å²) >= 11 is 0. The topological polar surface area (TPSA) is 59.2 Å². The lowest BCUT2D eigenvalue weighted by Gasteiger charge is -1.96. The van der Waals surface area contributed by atoms with Gasteiger partial charge in [0.25, 0.3) is 5.89 Å². The quantitative estimate of drug-likeness (QED) is 0.860. The standard InChI is InChI=1S/C11H11FN2O2/c1-7(15)6-10-13-11(16-14-10)8-2-4-9(12)5-3-8/h2-5,7,15H,6H2,1H3. The summed E-state index contributed by atoms with van der Waals surface area (Å²) in [4.78, 5) is 4.09. The first-order valence-corrected chi connectivity index (χ1v) is 4.92. The minimum absolute atomic E-state index is 0.313. The molecule has 84 valence electrons. The van der Waals surface area contributed by atoms with Crippen LogP contribution in [0.2, 0.25) is 0 Å². The molecule has 1 heterocycles. The molecule has 4 nitrogen and oxygen atoms in total. The zero-order valence-corrected chi connectivity index (χ0v) is 8.72. The molecule has 1 aromatic heterocycles. The van der Waals surface area contributed by atoms with Gasteiger partial charge in [-0.3, -0.25) is 0 Å². The summed E-state index contributed by atoms with van der Waals surface area (Å²) in [5, 5.41) is 12.9. The molecule has 0 aliphatic rings. The van der Waals surface area contributed by atoms with Crippen molar-refractivity contribution < 1.29 is 14.0 Å². The Morgan fingerprint density at radius 3 is 2.69 bits per heavy atom. The summed E-state index contributed by atoms with van der Waals surface area (Å²) in [6.07, 6.45) is -0.177. The number of hydrogen-bond donors (Lipinski definition) is 1. The molecule has 2 aromatic rings. The number of aromatic nitrogens is 2. The third kappa shape index (κ3) is 2.43. The highest BCUT2D eigenvalue weighted by Crippen LogP contribution is 2.17. The zero-order chi connectivity index (χ0) is 11.5. The molecule has 0 spiro atoms. The summed E-state index contributed by atoms with van der Waals surface area (Å²) in [5.41, 5.74) is 0.658. The largest absolute Gasteiger partial charge is 0.393 e. The van der Waals surface area contributed by atoms with E-state index >= 15 is 0 Å². The maximum atomic E-state index is 12.7. The molecule has 0 radical (unpaired) electrons. The number of aliphatic hydroxyl groups excluding tert-OH is 1. The molecule has 0 aliphatic heterocycles. The van der Waals surface area contributed by atoms with Crippen molar-refractivity contribution in [3.05, 3.63) is 35.9 Å². The number of benzene rings is 1. The highest BCUT2D eigenvalue weighted by atomic mass is 19.1. The Balaban J connectivity index is 2.21. The average Bonchev–Trinajstić information content (AvgIpc) is 2.66. The van der Waals surface area contributed by atoms with Crippen LogP contribution in [-0.4, -0.2) is 21.4 Å². The number of rotatable bonds is 3. The fourth-order valence-corrected chi connectivity index (χ4v) is 1.31. The lowest BCUT2D eigenvalue weighted by atomic mass is 10.2. The van der Waals surface area contributed by atoms with Crippen LogP contribution in [0.4, 0.5) is 4.39 Å². The molecule has 0 amide bonds. The summed E-state index contributed by atoms with van der Waals surface area (Å²) in [6.45, 7) is 1.65. The minimum Gasteiger partial charge on any atom is -0.393 e. The molecule has 0 aliphatic carbocycles. The Labute approximate surface area is 91.7 Å². The van der Waals surface area contributed by atoms with Crippen molar-refractivity contribution in [1.29, 1.82) is 0 Å². The monoisotopic (exact) mass is 222 g/mol. The van der Waals surface area contributed by atoms with Crippen LogP contribution >= 0.6 is 0 Å². The maximum absolute atomic E-state index is 12.7. The van der Waals surface area contributed by atoms with Gasteiger partial charge in [-0.15, -0.1) is 0 Å². The van der Waals surface area contributed by atoms with Gasteiger partial charge in [-0.1, -0.05) is 5.16 Å². The summed E-state index contributed by atoms with van der Waals surface area (Å²) in [5.74, 6) is 0.456. The van der Waals surface area contributed by atoms with Crippen LogP contribution in [0.3, 0.4) is 0 Å². The molecular weight excluding hydrogens is 211 g/mol. The van der Waals surface area contributed by atoms with Crippen LogP contribution in [0.1, 0.15) is 12.7 Å². The van der Waals surface area contributed by atoms with Crippen molar-refractivity contribution >= 4 is 0 Å². The first-order valence-electron chi connectivity index (χ1n) is 4.92. The molecule has 1 atom stereocenters. The number of nitrogens with zero attached hydrogens (tertiary/aromatic N) is 2. The molecule has 0 fully saturated rings. The number of hydrogen-bond acceptors (Lipinski definition) is 4. The first-order chi connectivity index (χ1) is 7.65. The van der Waals surface area contributed by atoms with Gasteiger partial charge in [-0.2, -0.15) is 4.98 Å². The van der Waals surface area contributed by atoms with Gasteiger partial charge in [0.1, 0.15) is 5.82 Å². The summed E-state index contributed by atoms with van der Waals surface area (Å²) in [7, 11) is 0. The van der Waals surface area contributed by atoms with E-state index in [4.69, 9.17) is 9.63 Å². The van der Waals surface area contributed by atoms with E-state index in [1.54, 1.807) is 19.1 Å². The Morgan fingerprint density at radius 2 is 2.06 bits per heavy atom. The molecule has 1 aromatic carbocycles. The summed E-state index contributed by atoms with van der Waals surface area (Å²) < 4.78 is 17.7. The van der Waals surface area contributed by atoms with Gasteiger partial charge in [0.2, 0.25) is 0 Å². The molecule has 16 heavy (non-hydrogen) atoms. The average molecular weight is 222 g/mol. The van der Waals surface area contributed by atoms with E-state index in [1.807, 2.05) is 0 Å². The van der Waals surface area contributed by atoms with Crippen molar-refractivity contribution in [2.24, 2.45) is 0 Å². The van der Waals surface area contributed by atoms with Gasteiger partial charge < -0.3 is 9.63 Å². The maximum Gasteiger partial charge on any atom is 0.257 e. The van der Waals surface area contributed by atoms with Crippen molar-refractivity contribution in [3.8, 4) is 11.5 Å². The predicted octanol–water partition coefficient (Wildman–Crippen LogP) is 1.80. The Hall–Kier alpha value is -1.75. The van der Waals surface area contributed by atoms with E-state index in [0.717, 1.165) is 0 Å². The Bertz CT molecular complexity index is 465. The summed E-state index contributed by atoms with van der Waals surface area (Å²) in [6, 6.07) is 5.78. The molecule has 2 rings (SSSR count). The van der Waals surface area contributed by atoms with Crippen molar-refractivity contribution in [2.45, 2.75) is 19.4 Å². The minimum atomic E-state index is -0.515. The van der Waals surface area contributed by atoms with Gasteiger partial charge in [0.15, 0.2) is 5.82 Å². The van der Waals surface area contributed by atoms with Gasteiger partial charge in [-0.05, 0) is 31.2 Å². The van der Waals surface area contributed by atoms with Crippen LogP contribution < -0.4 is 0 Å². The lowest BCUT2D eigenvalue weighted by Crippen LogP contribution is -2.05. The third-order valence-electron chi connectivity index (χ3n) is 2.04. The van der Waals surface area contributed by atoms with Gasteiger partial charge in [0, 0.05) is 12.0 Å². The molecule has 1 N–H and O–H groups in total. The SMILES string of the molecule is CC(O)Cc1noc(-c2ccc(F)cc2)n1. The fraction of sp³-hybridized carbons (Fsp3) is 0.273. The Kier molecular flexibility index (Phi) is 2.96. The van der Waals surface area contributed by atoms with Crippen molar-refractivity contribution in [1.82, 2.24) is 10.1 Å². The lowest BCUT2D eigenvalue weighted by molar-refractivity contribution is 0.191. The molecule has 0 saturated carbocycles. The van der Waals surface area contributed by atoms with Crippen LogP contribution in [0, 0.1) is 5.82 Å². The first kappa shape index (κ1) is 10.8. The molecule has 0 bridgehead atoms. The van der Waals surface area contributed by atoms with Crippen LogP contribution in [-0.2, 0) is 6.42 Å². The highest BCUT2D eigenvalue weighted by Gasteiger charge is 2.10. The van der Waals surface area contributed by atoms with E-state index in [1.165, 1.54) is 12.1 Å². The van der Waals surface area contributed by atoms with E-state index in [0.29, 0.717) is 23.7 Å². The van der Waals surface area contributed by atoms with Crippen molar-refractivity contribution in [3.63, 3.8) is 0 Å².